The van der Waals surface area contributed by atoms with Crippen LogP contribution in [0, 0.1) is 5.82 Å². The molecule has 0 bridgehead atoms. The maximum Gasteiger partial charge on any atom is 0.337 e. The Hall–Kier alpha value is -3.19. The Morgan fingerprint density at radius 2 is 2.04 bits per heavy atom. The first-order valence-corrected chi connectivity index (χ1v) is 8.40. The minimum atomic E-state index is -0.476. The van der Waals surface area contributed by atoms with Crippen molar-refractivity contribution in [1.82, 2.24) is 9.97 Å². The van der Waals surface area contributed by atoms with Crippen LogP contribution >= 0.6 is 11.6 Å². The van der Waals surface area contributed by atoms with Crippen LogP contribution < -0.4 is 10.6 Å². The van der Waals surface area contributed by atoms with Gasteiger partial charge in [0.15, 0.2) is 0 Å². The lowest BCUT2D eigenvalue weighted by Gasteiger charge is -2.11. The zero-order chi connectivity index (χ0) is 19.2. The van der Waals surface area contributed by atoms with Crippen LogP contribution in [-0.2, 0) is 11.3 Å². The summed E-state index contributed by atoms with van der Waals surface area (Å²) in [5.41, 5.74) is 1.34. The van der Waals surface area contributed by atoms with Crippen LogP contribution in [0.5, 0.6) is 0 Å². The Bertz CT molecular complexity index is 968. The average Bonchev–Trinajstić information content (AvgIpc) is 2.69. The van der Waals surface area contributed by atoms with Gasteiger partial charge in [-0.2, -0.15) is 4.98 Å². The predicted octanol–water partition coefficient (Wildman–Crippen LogP) is 4.41. The first-order valence-electron chi connectivity index (χ1n) is 8.02. The fourth-order valence-electron chi connectivity index (χ4n) is 2.33. The summed E-state index contributed by atoms with van der Waals surface area (Å²) in [7, 11) is 1.30. The number of esters is 1. The van der Waals surface area contributed by atoms with E-state index in [1.54, 1.807) is 48.7 Å². The van der Waals surface area contributed by atoms with Crippen molar-refractivity contribution in [3.63, 3.8) is 0 Å². The van der Waals surface area contributed by atoms with Crippen LogP contribution in [0.25, 0.3) is 0 Å². The van der Waals surface area contributed by atoms with Gasteiger partial charge in [0, 0.05) is 18.3 Å². The number of aromatic nitrogens is 2. The molecule has 0 amide bonds. The number of hydrogen-bond acceptors (Lipinski definition) is 6. The number of ether oxygens (including phenoxy) is 1. The highest BCUT2D eigenvalue weighted by Crippen LogP contribution is 2.26. The van der Waals surface area contributed by atoms with Crippen molar-refractivity contribution in [3.05, 3.63) is 76.7 Å². The molecule has 1 aromatic heterocycles. The van der Waals surface area contributed by atoms with Gasteiger partial charge in [-0.1, -0.05) is 29.8 Å². The second-order valence-corrected chi connectivity index (χ2v) is 5.93. The number of carbonyl (C=O) groups excluding carboxylic acids is 1. The van der Waals surface area contributed by atoms with Gasteiger partial charge in [-0.05, 0) is 30.3 Å². The minimum absolute atomic E-state index is 0.275. The van der Waals surface area contributed by atoms with Crippen molar-refractivity contribution in [2.75, 3.05) is 17.7 Å². The van der Waals surface area contributed by atoms with Crippen molar-refractivity contribution in [2.24, 2.45) is 0 Å². The lowest BCUT2D eigenvalue weighted by Crippen LogP contribution is -2.06. The van der Waals surface area contributed by atoms with Gasteiger partial charge in [0.05, 0.1) is 23.4 Å². The Morgan fingerprint density at radius 1 is 1.22 bits per heavy atom. The SMILES string of the molecule is COC(=O)c1ccc(Cl)c(Nc2nccc(NCc3ccccc3F)n2)c1. The Morgan fingerprint density at radius 3 is 2.81 bits per heavy atom. The van der Waals surface area contributed by atoms with Gasteiger partial charge in [0.2, 0.25) is 5.95 Å². The maximum atomic E-state index is 13.7. The summed E-state index contributed by atoms with van der Waals surface area (Å²) in [6.07, 6.45) is 1.55. The molecular weight excluding hydrogens is 371 g/mol. The van der Waals surface area contributed by atoms with Crippen LogP contribution in [0.4, 0.5) is 21.8 Å². The van der Waals surface area contributed by atoms with Crippen LogP contribution in [-0.4, -0.2) is 23.0 Å². The lowest BCUT2D eigenvalue weighted by molar-refractivity contribution is 0.0601. The molecule has 2 aromatic carbocycles. The standard InChI is InChI=1S/C19H16ClFN4O2/c1-27-18(26)12-6-7-14(20)16(10-12)24-19-22-9-8-17(25-19)23-11-13-4-2-3-5-15(13)21/h2-10H,11H2,1H3,(H2,22,23,24,25). The molecule has 0 radical (unpaired) electrons. The maximum absolute atomic E-state index is 13.7. The first-order chi connectivity index (χ1) is 13.1. The second-order valence-electron chi connectivity index (χ2n) is 5.52. The van der Waals surface area contributed by atoms with Gasteiger partial charge in [-0.25, -0.2) is 14.2 Å². The molecule has 6 nitrogen and oxygen atoms in total. The lowest BCUT2D eigenvalue weighted by atomic mass is 10.2. The molecule has 0 spiro atoms. The van der Waals surface area contributed by atoms with Gasteiger partial charge in [-0.3, -0.25) is 0 Å². The van der Waals surface area contributed by atoms with Gasteiger partial charge in [0.25, 0.3) is 0 Å². The number of benzene rings is 2. The van der Waals surface area contributed by atoms with Crippen LogP contribution in [0.3, 0.4) is 0 Å². The molecule has 2 N–H and O–H groups in total. The largest absolute Gasteiger partial charge is 0.465 e. The van der Waals surface area contributed by atoms with Crippen LogP contribution in [0.15, 0.2) is 54.7 Å². The van der Waals surface area contributed by atoms with E-state index in [1.807, 2.05) is 0 Å². The molecule has 0 fully saturated rings. The first kappa shape index (κ1) is 18.6. The molecule has 0 aliphatic rings. The van der Waals surface area contributed by atoms with E-state index in [9.17, 15) is 9.18 Å². The third-order valence-electron chi connectivity index (χ3n) is 3.71. The molecule has 138 valence electrons. The van der Waals surface area contributed by atoms with Crippen LogP contribution in [0.2, 0.25) is 5.02 Å². The van der Waals surface area contributed by atoms with Crippen molar-refractivity contribution in [1.29, 1.82) is 0 Å². The topological polar surface area (TPSA) is 76.1 Å². The minimum Gasteiger partial charge on any atom is -0.465 e. The molecule has 0 saturated carbocycles. The zero-order valence-electron chi connectivity index (χ0n) is 14.4. The normalized spacial score (nSPS) is 10.3. The molecule has 3 rings (SSSR count). The van der Waals surface area contributed by atoms with E-state index < -0.39 is 5.97 Å². The molecule has 0 unspecified atom stereocenters. The molecule has 8 heteroatoms. The fourth-order valence-corrected chi connectivity index (χ4v) is 2.50. The van der Waals surface area contributed by atoms with Crippen molar-refractivity contribution < 1.29 is 13.9 Å². The highest BCUT2D eigenvalue weighted by Gasteiger charge is 2.10. The van der Waals surface area contributed by atoms with E-state index in [2.05, 4.69) is 20.6 Å². The number of carbonyl (C=O) groups is 1. The van der Waals surface area contributed by atoms with Crippen molar-refractivity contribution >= 4 is 35.0 Å². The van der Waals surface area contributed by atoms with E-state index >= 15 is 0 Å². The summed E-state index contributed by atoms with van der Waals surface area (Å²) in [5.74, 6) is 0.0215. The molecule has 0 aliphatic heterocycles. The van der Waals surface area contributed by atoms with Crippen molar-refractivity contribution in [2.45, 2.75) is 6.54 Å². The third kappa shape index (κ3) is 4.71. The number of methoxy groups -OCH3 is 1. The monoisotopic (exact) mass is 386 g/mol. The van der Waals surface area contributed by atoms with E-state index in [0.29, 0.717) is 27.7 Å². The quantitative estimate of drug-likeness (QED) is 0.611. The number of nitrogens with one attached hydrogen (secondary N) is 2. The molecular formula is C19H16ClFN4O2. The number of rotatable bonds is 6. The summed E-state index contributed by atoms with van der Waals surface area (Å²) in [4.78, 5) is 20.1. The Balaban J connectivity index is 1.74. The molecule has 27 heavy (non-hydrogen) atoms. The van der Waals surface area contributed by atoms with Gasteiger partial charge in [0.1, 0.15) is 11.6 Å². The third-order valence-corrected chi connectivity index (χ3v) is 4.04. The molecule has 1 heterocycles. The summed E-state index contributed by atoms with van der Waals surface area (Å²) >= 11 is 6.16. The Labute approximate surface area is 160 Å². The summed E-state index contributed by atoms with van der Waals surface area (Å²) < 4.78 is 18.4. The van der Waals surface area contributed by atoms with E-state index in [4.69, 9.17) is 16.3 Å². The average molecular weight is 387 g/mol. The van der Waals surface area contributed by atoms with Crippen molar-refractivity contribution in [3.8, 4) is 0 Å². The molecule has 3 aromatic rings. The number of halogens is 2. The summed E-state index contributed by atoms with van der Waals surface area (Å²) in [5, 5.41) is 6.41. The number of nitrogens with zero attached hydrogens (tertiary/aromatic N) is 2. The Kier molecular flexibility index (Phi) is 5.83. The van der Waals surface area contributed by atoms with E-state index in [-0.39, 0.29) is 18.3 Å². The number of hydrogen-bond donors (Lipinski definition) is 2. The zero-order valence-corrected chi connectivity index (χ0v) is 15.1. The van der Waals surface area contributed by atoms with Gasteiger partial charge >= 0.3 is 5.97 Å². The summed E-state index contributed by atoms with van der Waals surface area (Å²) in [6, 6.07) is 12.9. The van der Waals surface area contributed by atoms with E-state index in [0.717, 1.165) is 0 Å². The number of anilines is 3. The second kappa shape index (κ2) is 8.46. The molecule has 0 atom stereocenters. The van der Waals surface area contributed by atoms with Gasteiger partial charge < -0.3 is 15.4 Å². The molecule has 0 saturated heterocycles. The molecule has 0 aliphatic carbocycles. The van der Waals surface area contributed by atoms with E-state index in [1.165, 1.54) is 13.2 Å². The smallest absolute Gasteiger partial charge is 0.337 e. The van der Waals surface area contributed by atoms with Crippen LogP contribution in [0.1, 0.15) is 15.9 Å². The predicted molar refractivity (Wildman–Crippen MR) is 102 cm³/mol. The highest BCUT2D eigenvalue weighted by molar-refractivity contribution is 6.33. The summed E-state index contributed by atoms with van der Waals surface area (Å²) in [6.45, 7) is 0.279. The highest BCUT2D eigenvalue weighted by atomic mass is 35.5. The van der Waals surface area contributed by atoms with Gasteiger partial charge in [-0.15, -0.1) is 0 Å². The fraction of sp³-hybridized carbons (Fsp3) is 0.105.